The summed E-state index contributed by atoms with van der Waals surface area (Å²) < 4.78 is 110. The minimum absolute atomic E-state index is 0.0290. The minimum atomic E-state index is -4.66. The lowest BCUT2D eigenvalue weighted by atomic mass is 10.2. The first-order valence-corrected chi connectivity index (χ1v) is 11.4. The number of fused-ring (bicyclic) bond motifs is 1. The van der Waals surface area contributed by atoms with E-state index in [1.807, 2.05) is 4.90 Å². The topological polar surface area (TPSA) is 62.7 Å². The van der Waals surface area contributed by atoms with Crippen molar-refractivity contribution in [3.05, 3.63) is 53.7 Å². The molecule has 4 rings (SSSR count). The molecule has 2 atom stereocenters. The Bertz CT molecular complexity index is 1110. The van der Waals surface area contributed by atoms with Crippen LogP contribution in [0.15, 0.2) is 47.5 Å². The van der Waals surface area contributed by atoms with Crippen LogP contribution in [0.5, 0.6) is 5.88 Å². The smallest absolute Gasteiger partial charge is 0.417 e. The van der Waals surface area contributed by atoms with Crippen molar-refractivity contribution in [2.45, 2.75) is 35.8 Å². The Balaban J connectivity index is 1.42. The predicted molar refractivity (Wildman–Crippen MR) is 104 cm³/mol. The largest absolute Gasteiger partial charge is 0.473 e. The molecule has 2 saturated heterocycles. The zero-order valence-electron chi connectivity index (χ0n) is 17.0. The Labute approximate surface area is 185 Å². The summed E-state index contributed by atoms with van der Waals surface area (Å²) in [6.07, 6.45) is -8.49. The van der Waals surface area contributed by atoms with Crippen LogP contribution in [-0.4, -0.2) is 60.9 Å². The summed E-state index contributed by atoms with van der Waals surface area (Å²) in [6, 6.07) is 5.39. The van der Waals surface area contributed by atoms with Gasteiger partial charge in [-0.3, -0.25) is 4.90 Å². The zero-order chi connectivity index (χ0) is 24.0. The molecular formula is C20H19F6N3O3S. The molecule has 180 valence electrons. The molecule has 2 aromatic rings. The lowest BCUT2D eigenvalue weighted by Crippen LogP contribution is -2.51. The van der Waals surface area contributed by atoms with Crippen LogP contribution in [0, 0.1) is 0 Å². The number of aromatic nitrogens is 1. The quantitative estimate of drug-likeness (QED) is 0.607. The number of hydrogen-bond acceptors (Lipinski definition) is 5. The molecule has 13 heteroatoms. The fraction of sp³-hybridized carbons (Fsp3) is 0.450. The number of pyridine rings is 1. The maximum atomic E-state index is 13.0. The van der Waals surface area contributed by atoms with E-state index in [0.29, 0.717) is 31.8 Å². The second-order valence-electron chi connectivity index (χ2n) is 7.90. The average molecular weight is 495 g/mol. The molecular weight excluding hydrogens is 476 g/mol. The van der Waals surface area contributed by atoms with E-state index in [2.05, 4.69) is 4.98 Å². The number of alkyl halides is 6. The molecule has 6 nitrogen and oxygen atoms in total. The number of ether oxygens (including phenoxy) is 1. The van der Waals surface area contributed by atoms with E-state index >= 15 is 0 Å². The fourth-order valence-corrected chi connectivity index (χ4v) is 5.56. The van der Waals surface area contributed by atoms with Crippen molar-refractivity contribution in [2.24, 2.45) is 0 Å². The van der Waals surface area contributed by atoms with Crippen molar-refractivity contribution < 1.29 is 39.5 Å². The van der Waals surface area contributed by atoms with Crippen molar-refractivity contribution in [2.75, 3.05) is 26.2 Å². The standard InChI is InChI=1S/C20H19F6N3O3S/c21-19(22,23)13-2-1-3-17(8-13)33(30,31)29-7-6-28-12-16(9-15(28)11-29)32-18-5-4-14(10-27-18)20(24,25)26/h1-5,8,10,15-16H,6-7,9,11-12H2/t15-,16+/m0/s1. The molecule has 0 amide bonds. The van der Waals surface area contributed by atoms with Gasteiger partial charge >= 0.3 is 12.4 Å². The van der Waals surface area contributed by atoms with Gasteiger partial charge < -0.3 is 4.74 Å². The molecule has 3 heterocycles. The molecule has 2 aliphatic rings. The molecule has 0 unspecified atom stereocenters. The van der Waals surface area contributed by atoms with Gasteiger partial charge in [0.2, 0.25) is 15.9 Å². The third-order valence-electron chi connectivity index (χ3n) is 5.69. The second-order valence-corrected chi connectivity index (χ2v) is 9.83. The second kappa shape index (κ2) is 8.44. The summed E-state index contributed by atoms with van der Waals surface area (Å²) in [7, 11) is -4.13. The molecule has 2 fully saturated rings. The molecule has 0 bridgehead atoms. The molecule has 0 aliphatic carbocycles. The third-order valence-corrected chi connectivity index (χ3v) is 7.55. The highest BCUT2D eigenvalue weighted by atomic mass is 32.2. The fourth-order valence-electron chi connectivity index (χ4n) is 4.04. The Kier molecular flexibility index (Phi) is 6.08. The van der Waals surface area contributed by atoms with Gasteiger partial charge in [-0.1, -0.05) is 6.07 Å². The van der Waals surface area contributed by atoms with Gasteiger partial charge in [-0.25, -0.2) is 13.4 Å². The monoisotopic (exact) mass is 495 g/mol. The van der Waals surface area contributed by atoms with Gasteiger partial charge in [0.1, 0.15) is 6.10 Å². The number of halogens is 6. The van der Waals surface area contributed by atoms with Gasteiger partial charge in [-0.05, 0) is 24.3 Å². The number of piperazine rings is 1. The van der Waals surface area contributed by atoms with E-state index in [-0.39, 0.29) is 25.0 Å². The van der Waals surface area contributed by atoms with E-state index in [0.717, 1.165) is 34.6 Å². The zero-order valence-corrected chi connectivity index (χ0v) is 17.8. The van der Waals surface area contributed by atoms with Crippen LogP contribution in [-0.2, 0) is 22.4 Å². The van der Waals surface area contributed by atoms with E-state index < -0.39 is 44.5 Å². The lowest BCUT2D eigenvalue weighted by molar-refractivity contribution is -0.138. The van der Waals surface area contributed by atoms with Crippen molar-refractivity contribution in [3.8, 4) is 5.88 Å². The Morgan fingerprint density at radius 2 is 1.67 bits per heavy atom. The maximum absolute atomic E-state index is 13.0. The first kappa shape index (κ1) is 23.8. The Morgan fingerprint density at radius 1 is 0.939 bits per heavy atom. The number of sulfonamides is 1. The normalized spacial score (nSPS) is 22.8. The van der Waals surface area contributed by atoms with Crippen LogP contribution < -0.4 is 4.74 Å². The molecule has 1 aromatic carbocycles. The van der Waals surface area contributed by atoms with Crippen LogP contribution in [0.25, 0.3) is 0 Å². The highest BCUT2D eigenvalue weighted by molar-refractivity contribution is 7.89. The van der Waals surface area contributed by atoms with Gasteiger partial charge in [-0.15, -0.1) is 0 Å². The summed E-state index contributed by atoms with van der Waals surface area (Å²) in [5.41, 5.74) is -1.94. The van der Waals surface area contributed by atoms with Crippen LogP contribution in [0.2, 0.25) is 0 Å². The maximum Gasteiger partial charge on any atom is 0.417 e. The summed E-state index contributed by atoms with van der Waals surface area (Å²) in [5, 5.41) is 0. The minimum Gasteiger partial charge on any atom is -0.473 e. The van der Waals surface area contributed by atoms with Crippen molar-refractivity contribution in [1.82, 2.24) is 14.2 Å². The first-order valence-electron chi connectivity index (χ1n) is 9.95. The van der Waals surface area contributed by atoms with E-state index in [1.165, 1.54) is 0 Å². The van der Waals surface area contributed by atoms with Crippen LogP contribution in [0.3, 0.4) is 0 Å². The van der Waals surface area contributed by atoms with E-state index in [4.69, 9.17) is 4.74 Å². The summed E-state index contributed by atoms with van der Waals surface area (Å²) in [5.74, 6) is 0.0290. The summed E-state index contributed by atoms with van der Waals surface area (Å²) in [4.78, 5) is 5.26. The van der Waals surface area contributed by atoms with Gasteiger partial charge in [0.25, 0.3) is 0 Å². The molecule has 0 spiro atoms. The van der Waals surface area contributed by atoms with Crippen molar-refractivity contribution >= 4 is 10.0 Å². The van der Waals surface area contributed by atoms with Gasteiger partial charge in [0.15, 0.2) is 0 Å². The third kappa shape index (κ3) is 5.09. The molecule has 0 N–H and O–H groups in total. The number of rotatable bonds is 4. The van der Waals surface area contributed by atoms with Crippen LogP contribution >= 0.6 is 0 Å². The first-order chi connectivity index (χ1) is 15.3. The van der Waals surface area contributed by atoms with Crippen LogP contribution in [0.4, 0.5) is 26.3 Å². The highest BCUT2D eigenvalue weighted by Gasteiger charge is 2.41. The average Bonchev–Trinajstić information content (AvgIpc) is 3.14. The SMILES string of the molecule is O=S(=O)(c1cccc(C(F)(F)F)c1)N1CCN2C[C@H](Oc3ccc(C(F)(F)F)cn3)C[C@H]2C1. The van der Waals surface area contributed by atoms with Gasteiger partial charge in [0, 0.05) is 50.9 Å². The van der Waals surface area contributed by atoms with Crippen molar-refractivity contribution in [1.29, 1.82) is 0 Å². The van der Waals surface area contributed by atoms with Crippen LogP contribution in [0.1, 0.15) is 17.5 Å². The predicted octanol–water partition coefficient (Wildman–Crippen LogP) is 3.65. The molecule has 1 aromatic heterocycles. The number of nitrogens with zero attached hydrogens (tertiary/aromatic N) is 3. The lowest BCUT2D eigenvalue weighted by Gasteiger charge is -2.36. The summed E-state index contributed by atoms with van der Waals surface area (Å²) >= 11 is 0. The van der Waals surface area contributed by atoms with Gasteiger partial charge in [0.05, 0.1) is 16.0 Å². The number of hydrogen-bond donors (Lipinski definition) is 0. The van der Waals surface area contributed by atoms with E-state index in [9.17, 15) is 34.8 Å². The Hall–Kier alpha value is -2.38. The number of benzene rings is 1. The van der Waals surface area contributed by atoms with Crippen molar-refractivity contribution in [3.63, 3.8) is 0 Å². The molecule has 33 heavy (non-hydrogen) atoms. The molecule has 0 radical (unpaired) electrons. The van der Waals surface area contributed by atoms with E-state index in [1.54, 1.807) is 0 Å². The summed E-state index contributed by atoms with van der Waals surface area (Å²) in [6.45, 7) is 0.952. The molecule has 0 saturated carbocycles. The highest BCUT2D eigenvalue weighted by Crippen LogP contribution is 2.33. The molecule has 2 aliphatic heterocycles. The van der Waals surface area contributed by atoms with Gasteiger partial charge in [-0.2, -0.15) is 30.6 Å². The Morgan fingerprint density at radius 3 is 2.30 bits per heavy atom.